The summed E-state index contributed by atoms with van der Waals surface area (Å²) in [6.45, 7) is 1.97. The molecule has 0 radical (unpaired) electrons. The lowest BCUT2D eigenvalue weighted by molar-refractivity contribution is -0.112. The Morgan fingerprint density at radius 1 is 1.15 bits per heavy atom. The number of rotatable bonds is 8. The molecule has 0 spiro atoms. The van der Waals surface area contributed by atoms with E-state index in [1.54, 1.807) is 18.2 Å². The minimum Gasteiger partial charge on any atom is -0.398 e. The minimum atomic E-state index is -0.685. The van der Waals surface area contributed by atoms with E-state index < -0.39 is 5.91 Å². The summed E-state index contributed by atoms with van der Waals surface area (Å²) in [5.74, 6) is -0.685. The number of allylic oxidation sites excluding steroid dienone is 1. The van der Waals surface area contributed by atoms with E-state index in [-0.39, 0.29) is 12.3 Å². The summed E-state index contributed by atoms with van der Waals surface area (Å²) in [5.41, 5.74) is 8.33. The molecule has 0 aliphatic carbocycles. The minimum absolute atomic E-state index is 0.0278. The summed E-state index contributed by atoms with van der Waals surface area (Å²) in [6.07, 6.45) is 3.74. The fourth-order valence-electron chi connectivity index (χ4n) is 2.22. The fourth-order valence-corrected chi connectivity index (χ4v) is 2.35. The monoisotopic (exact) mass is 385 g/mol. The average molecular weight is 386 g/mol. The Balaban J connectivity index is 2.06. The highest BCUT2D eigenvalue weighted by Gasteiger charge is 2.15. The van der Waals surface area contributed by atoms with Gasteiger partial charge in [0, 0.05) is 16.1 Å². The van der Waals surface area contributed by atoms with Crippen LogP contribution in [0.1, 0.15) is 23.6 Å². The molecule has 140 valence electrons. The van der Waals surface area contributed by atoms with Crippen LogP contribution in [0.4, 0.5) is 0 Å². The van der Waals surface area contributed by atoms with E-state index in [1.165, 1.54) is 7.11 Å². The number of carbonyl (C=O) groups is 1. The Bertz CT molecular complexity index is 874. The molecule has 2 rings (SSSR count). The van der Waals surface area contributed by atoms with Crippen molar-refractivity contribution in [3.63, 3.8) is 0 Å². The number of carbonyl (C=O) groups excluding carboxylic acids is 1. The number of nitrogens with two attached hydrogens (primary N) is 1. The maximum absolute atomic E-state index is 11.6. The van der Waals surface area contributed by atoms with Gasteiger partial charge in [0.15, 0.2) is 5.71 Å². The van der Waals surface area contributed by atoms with Crippen LogP contribution < -0.4 is 5.73 Å². The quantitative estimate of drug-likeness (QED) is 0.554. The first-order chi connectivity index (χ1) is 13.0. The summed E-state index contributed by atoms with van der Waals surface area (Å²) in [4.78, 5) is 21.7. The van der Waals surface area contributed by atoms with Crippen molar-refractivity contribution in [1.29, 1.82) is 0 Å². The van der Waals surface area contributed by atoms with Crippen LogP contribution in [-0.2, 0) is 21.1 Å². The molecule has 1 amide bonds. The number of oxime groups is 2. The highest BCUT2D eigenvalue weighted by molar-refractivity contribution is 6.45. The van der Waals surface area contributed by atoms with E-state index in [0.29, 0.717) is 21.9 Å². The van der Waals surface area contributed by atoms with Gasteiger partial charge in [0.2, 0.25) is 0 Å². The van der Waals surface area contributed by atoms with Crippen LogP contribution >= 0.6 is 11.6 Å². The molecule has 2 N–H and O–H groups in total. The molecule has 27 heavy (non-hydrogen) atoms. The third-order valence-electron chi connectivity index (χ3n) is 3.50. The fraction of sp³-hybridized carbons (Fsp3) is 0.150. The standard InChI is InChI=1S/C20H20ClN3O3/c1-14(7-8-15-9-11-17(21)12-10-15)23-27-13-16-5-3-4-6-18(16)19(20(22)25)24-26-2/h3-12H,13H2,1-2H3,(H2,22,25). The second kappa shape index (κ2) is 10.1. The zero-order valence-corrected chi connectivity index (χ0v) is 15.8. The van der Waals surface area contributed by atoms with E-state index >= 15 is 0 Å². The molecule has 0 saturated heterocycles. The molecule has 2 aromatic carbocycles. The van der Waals surface area contributed by atoms with Crippen molar-refractivity contribution in [2.75, 3.05) is 7.11 Å². The number of primary amides is 1. The maximum Gasteiger partial charge on any atom is 0.271 e. The van der Waals surface area contributed by atoms with Gasteiger partial charge in [-0.3, -0.25) is 4.79 Å². The molecule has 6 nitrogen and oxygen atoms in total. The van der Waals surface area contributed by atoms with Crippen LogP contribution in [0.3, 0.4) is 0 Å². The molecule has 0 unspecified atom stereocenters. The zero-order chi connectivity index (χ0) is 19.6. The molecular weight excluding hydrogens is 366 g/mol. The van der Waals surface area contributed by atoms with Gasteiger partial charge in [-0.25, -0.2) is 0 Å². The number of benzene rings is 2. The summed E-state index contributed by atoms with van der Waals surface area (Å²) in [5, 5.41) is 8.44. The number of nitrogens with zero attached hydrogens (tertiary/aromatic N) is 2. The molecule has 0 aliphatic rings. The Kier molecular flexibility index (Phi) is 7.58. The highest BCUT2D eigenvalue weighted by Crippen LogP contribution is 2.13. The van der Waals surface area contributed by atoms with Gasteiger partial charge in [-0.15, -0.1) is 0 Å². The SMILES string of the molecule is CON=C(C(N)=O)c1ccccc1CON=C(C)C=Cc1ccc(Cl)cc1. The summed E-state index contributed by atoms with van der Waals surface area (Å²) in [6, 6.07) is 14.6. The first kappa shape index (κ1) is 20.2. The third-order valence-corrected chi connectivity index (χ3v) is 3.76. The van der Waals surface area contributed by atoms with Gasteiger partial charge in [-0.2, -0.15) is 0 Å². The van der Waals surface area contributed by atoms with Crippen molar-refractivity contribution in [3.05, 3.63) is 76.3 Å². The van der Waals surface area contributed by atoms with Gasteiger partial charge in [-0.1, -0.05) is 64.4 Å². The molecule has 0 aromatic heterocycles. The average Bonchev–Trinajstić information content (AvgIpc) is 2.66. The van der Waals surface area contributed by atoms with Crippen LogP contribution in [0.25, 0.3) is 6.08 Å². The van der Waals surface area contributed by atoms with Gasteiger partial charge >= 0.3 is 0 Å². The number of hydrogen-bond donors (Lipinski definition) is 1. The first-order valence-electron chi connectivity index (χ1n) is 8.10. The largest absolute Gasteiger partial charge is 0.398 e. The lowest BCUT2D eigenvalue weighted by Crippen LogP contribution is -2.25. The van der Waals surface area contributed by atoms with Gasteiger partial charge < -0.3 is 15.4 Å². The Morgan fingerprint density at radius 2 is 1.85 bits per heavy atom. The third kappa shape index (κ3) is 6.27. The molecular formula is C20H20ClN3O3. The second-order valence-corrected chi connectivity index (χ2v) is 5.97. The Hall–Kier alpha value is -3.12. The van der Waals surface area contributed by atoms with Crippen LogP contribution in [0.5, 0.6) is 0 Å². The number of hydrogen-bond acceptors (Lipinski definition) is 5. The first-order valence-corrected chi connectivity index (χ1v) is 8.48. The van der Waals surface area contributed by atoms with Crippen molar-refractivity contribution in [1.82, 2.24) is 0 Å². The molecule has 0 aliphatic heterocycles. The van der Waals surface area contributed by atoms with Crippen molar-refractivity contribution in [2.45, 2.75) is 13.5 Å². The lowest BCUT2D eigenvalue weighted by atomic mass is 10.0. The van der Waals surface area contributed by atoms with E-state index in [4.69, 9.17) is 27.0 Å². The van der Waals surface area contributed by atoms with Crippen LogP contribution in [0.15, 0.2) is 64.9 Å². The molecule has 0 saturated carbocycles. The van der Waals surface area contributed by atoms with Crippen LogP contribution in [0, 0.1) is 0 Å². The van der Waals surface area contributed by atoms with Gasteiger partial charge in [0.25, 0.3) is 5.91 Å². The second-order valence-electron chi connectivity index (χ2n) is 5.53. The Labute approximate surface area is 162 Å². The molecule has 7 heteroatoms. The van der Waals surface area contributed by atoms with Crippen molar-refractivity contribution in [3.8, 4) is 0 Å². The molecule has 0 heterocycles. The smallest absolute Gasteiger partial charge is 0.271 e. The summed E-state index contributed by atoms with van der Waals surface area (Å²) in [7, 11) is 1.35. The number of halogens is 1. The predicted octanol–water partition coefficient (Wildman–Crippen LogP) is 3.78. The van der Waals surface area contributed by atoms with E-state index in [9.17, 15) is 4.79 Å². The highest BCUT2D eigenvalue weighted by atomic mass is 35.5. The van der Waals surface area contributed by atoms with Gasteiger partial charge in [-0.05, 0) is 30.7 Å². The lowest BCUT2D eigenvalue weighted by Gasteiger charge is -2.08. The summed E-state index contributed by atoms with van der Waals surface area (Å²) < 4.78 is 0. The number of amides is 1. The summed E-state index contributed by atoms with van der Waals surface area (Å²) >= 11 is 5.86. The zero-order valence-electron chi connectivity index (χ0n) is 15.1. The molecule has 0 bridgehead atoms. The Morgan fingerprint density at radius 3 is 2.52 bits per heavy atom. The predicted molar refractivity (Wildman–Crippen MR) is 108 cm³/mol. The normalized spacial score (nSPS) is 12.3. The van der Waals surface area contributed by atoms with Gasteiger partial charge in [0.1, 0.15) is 13.7 Å². The topological polar surface area (TPSA) is 86.3 Å². The van der Waals surface area contributed by atoms with Gasteiger partial charge in [0.05, 0.1) is 5.71 Å². The molecule has 0 fully saturated rings. The molecule has 2 aromatic rings. The van der Waals surface area contributed by atoms with Crippen LogP contribution in [-0.4, -0.2) is 24.4 Å². The van der Waals surface area contributed by atoms with Crippen LogP contribution in [0.2, 0.25) is 5.02 Å². The van der Waals surface area contributed by atoms with Crippen molar-refractivity contribution >= 4 is 35.0 Å². The van der Waals surface area contributed by atoms with E-state index in [0.717, 1.165) is 5.56 Å². The van der Waals surface area contributed by atoms with Crippen molar-refractivity contribution < 1.29 is 14.5 Å². The molecule has 0 atom stereocenters. The van der Waals surface area contributed by atoms with Crippen molar-refractivity contribution in [2.24, 2.45) is 16.0 Å². The maximum atomic E-state index is 11.6. The van der Waals surface area contributed by atoms with E-state index in [2.05, 4.69) is 10.3 Å². The van der Waals surface area contributed by atoms with E-state index in [1.807, 2.05) is 49.4 Å².